The van der Waals surface area contributed by atoms with Crippen LogP contribution in [-0.2, 0) is 9.84 Å². The van der Waals surface area contributed by atoms with E-state index in [0.29, 0.717) is 18.3 Å². The van der Waals surface area contributed by atoms with Gasteiger partial charge < -0.3 is 5.32 Å². The van der Waals surface area contributed by atoms with Gasteiger partial charge in [0.25, 0.3) is 0 Å². The first-order chi connectivity index (χ1) is 8.50. The molecule has 1 aliphatic heterocycles. The SMILES string of the molecule is CNC1(C#N)CCC(N2CCCS(=O)(=O)CC2)C1. The molecule has 0 amide bonds. The molecule has 2 aliphatic rings. The molecule has 0 radical (unpaired) electrons. The molecule has 0 aromatic heterocycles. The lowest BCUT2D eigenvalue weighted by Gasteiger charge is -2.28. The molecule has 1 N–H and O–H groups in total. The fourth-order valence-electron chi connectivity index (χ4n) is 3.04. The summed E-state index contributed by atoms with van der Waals surface area (Å²) in [5, 5.41) is 12.4. The highest BCUT2D eigenvalue weighted by Crippen LogP contribution is 2.32. The Bertz CT molecular complexity index is 443. The van der Waals surface area contributed by atoms with Crippen LogP contribution in [0.2, 0.25) is 0 Å². The standard InChI is InChI=1S/C12H21N3O2S/c1-14-12(10-13)4-3-11(9-12)15-5-2-7-18(16,17)8-6-15/h11,14H,2-9H2,1H3. The summed E-state index contributed by atoms with van der Waals surface area (Å²) in [6.45, 7) is 1.47. The van der Waals surface area contributed by atoms with Gasteiger partial charge in [-0.15, -0.1) is 0 Å². The van der Waals surface area contributed by atoms with E-state index in [2.05, 4.69) is 16.3 Å². The first-order valence-corrected chi connectivity index (χ1v) is 8.37. The van der Waals surface area contributed by atoms with Crippen LogP contribution >= 0.6 is 0 Å². The van der Waals surface area contributed by atoms with Crippen molar-refractivity contribution in [3.63, 3.8) is 0 Å². The van der Waals surface area contributed by atoms with Crippen LogP contribution in [0.15, 0.2) is 0 Å². The van der Waals surface area contributed by atoms with Gasteiger partial charge in [-0.3, -0.25) is 4.90 Å². The second-order valence-corrected chi connectivity index (χ2v) is 7.69. The van der Waals surface area contributed by atoms with Crippen LogP contribution < -0.4 is 5.32 Å². The minimum absolute atomic E-state index is 0.266. The Hall–Kier alpha value is -0.640. The first kappa shape index (κ1) is 13.8. The smallest absolute Gasteiger partial charge is 0.151 e. The van der Waals surface area contributed by atoms with Crippen LogP contribution in [-0.4, -0.2) is 56.5 Å². The molecule has 2 atom stereocenters. The number of sulfone groups is 1. The van der Waals surface area contributed by atoms with Gasteiger partial charge in [-0.05, 0) is 39.3 Å². The van der Waals surface area contributed by atoms with Crippen molar-refractivity contribution < 1.29 is 8.42 Å². The van der Waals surface area contributed by atoms with Gasteiger partial charge in [0, 0.05) is 12.6 Å². The van der Waals surface area contributed by atoms with Crippen molar-refractivity contribution >= 4 is 9.84 Å². The predicted octanol–water partition coefficient (Wildman–Crippen LogP) is 0.141. The number of hydrogen-bond acceptors (Lipinski definition) is 5. The van der Waals surface area contributed by atoms with Gasteiger partial charge in [0.15, 0.2) is 9.84 Å². The van der Waals surface area contributed by atoms with Crippen LogP contribution in [0.5, 0.6) is 0 Å². The van der Waals surface area contributed by atoms with Crippen molar-refractivity contribution in [1.82, 2.24) is 10.2 Å². The van der Waals surface area contributed by atoms with E-state index in [1.807, 2.05) is 7.05 Å². The van der Waals surface area contributed by atoms with E-state index in [1.54, 1.807) is 0 Å². The van der Waals surface area contributed by atoms with Crippen molar-refractivity contribution in [2.75, 3.05) is 31.6 Å². The highest BCUT2D eigenvalue weighted by atomic mass is 32.2. The topological polar surface area (TPSA) is 73.2 Å². The normalized spacial score (nSPS) is 37.0. The largest absolute Gasteiger partial charge is 0.302 e. The Labute approximate surface area is 109 Å². The highest BCUT2D eigenvalue weighted by Gasteiger charge is 2.40. The highest BCUT2D eigenvalue weighted by molar-refractivity contribution is 7.91. The molecule has 2 unspecified atom stereocenters. The van der Waals surface area contributed by atoms with E-state index in [4.69, 9.17) is 0 Å². The maximum atomic E-state index is 11.6. The Morgan fingerprint density at radius 2 is 2.17 bits per heavy atom. The molecule has 1 aliphatic carbocycles. The van der Waals surface area contributed by atoms with Crippen molar-refractivity contribution in [3.05, 3.63) is 0 Å². The monoisotopic (exact) mass is 271 g/mol. The van der Waals surface area contributed by atoms with Crippen LogP contribution in [0.25, 0.3) is 0 Å². The molecule has 0 aromatic carbocycles. The number of nitriles is 1. The van der Waals surface area contributed by atoms with Crippen molar-refractivity contribution in [3.8, 4) is 6.07 Å². The number of nitrogens with one attached hydrogen (secondary N) is 1. The molecule has 1 saturated heterocycles. The van der Waals surface area contributed by atoms with E-state index in [1.165, 1.54) is 0 Å². The lowest BCUT2D eigenvalue weighted by molar-refractivity contribution is 0.207. The van der Waals surface area contributed by atoms with E-state index in [-0.39, 0.29) is 5.75 Å². The maximum Gasteiger partial charge on any atom is 0.151 e. The molecule has 18 heavy (non-hydrogen) atoms. The van der Waals surface area contributed by atoms with Gasteiger partial charge in [0.2, 0.25) is 0 Å². The van der Waals surface area contributed by atoms with Crippen LogP contribution in [0.4, 0.5) is 0 Å². The van der Waals surface area contributed by atoms with Crippen LogP contribution in [0, 0.1) is 11.3 Å². The Balaban J connectivity index is 2.00. The molecular formula is C12H21N3O2S. The van der Waals surface area contributed by atoms with Gasteiger partial charge in [-0.25, -0.2) is 8.42 Å². The first-order valence-electron chi connectivity index (χ1n) is 6.55. The van der Waals surface area contributed by atoms with Gasteiger partial charge in [-0.1, -0.05) is 0 Å². The second-order valence-electron chi connectivity index (χ2n) is 5.38. The van der Waals surface area contributed by atoms with Crippen molar-refractivity contribution in [2.45, 2.75) is 37.3 Å². The third kappa shape index (κ3) is 2.85. The summed E-state index contributed by atoms with van der Waals surface area (Å²) in [4.78, 5) is 2.26. The summed E-state index contributed by atoms with van der Waals surface area (Å²) < 4.78 is 23.2. The summed E-state index contributed by atoms with van der Waals surface area (Å²) in [6, 6.07) is 2.72. The number of nitrogens with zero attached hydrogens (tertiary/aromatic N) is 2. The minimum atomic E-state index is -2.84. The van der Waals surface area contributed by atoms with E-state index in [9.17, 15) is 13.7 Å². The second kappa shape index (κ2) is 5.16. The maximum absolute atomic E-state index is 11.6. The molecule has 5 nitrogen and oxygen atoms in total. The number of hydrogen-bond donors (Lipinski definition) is 1. The number of rotatable bonds is 2. The fourth-order valence-corrected chi connectivity index (χ4v) is 4.32. The summed E-state index contributed by atoms with van der Waals surface area (Å²) in [5.74, 6) is 0.578. The van der Waals surface area contributed by atoms with E-state index in [0.717, 1.165) is 32.2 Å². The lowest BCUT2D eigenvalue weighted by Crippen LogP contribution is -2.42. The van der Waals surface area contributed by atoms with Crippen LogP contribution in [0.3, 0.4) is 0 Å². The van der Waals surface area contributed by atoms with Gasteiger partial charge in [0.05, 0.1) is 17.6 Å². The molecule has 0 spiro atoms. The molecule has 1 saturated carbocycles. The molecular weight excluding hydrogens is 250 g/mol. The fraction of sp³-hybridized carbons (Fsp3) is 0.917. The molecule has 2 fully saturated rings. The Morgan fingerprint density at radius 1 is 1.39 bits per heavy atom. The summed E-state index contributed by atoms with van der Waals surface area (Å²) >= 11 is 0. The third-order valence-electron chi connectivity index (χ3n) is 4.29. The van der Waals surface area contributed by atoms with Crippen LogP contribution in [0.1, 0.15) is 25.7 Å². The molecule has 0 bridgehead atoms. The lowest BCUT2D eigenvalue weighted by atomic mass is 10.00. The van der Waals surface area contributed by atoms with E-state index < -0.39 is 15.4 Å². The average molecular weight is 271 g/mol. The molecule has 6 heteroatoms. The predicted molar refractivity (Wildman–Crippen MR) is 69.9 cm³/mol. The Morgan fingerprint density at radius 3 is 2.78 bits per heavy atom. The van der Waals surface area contributed by atoms with Crippen molar-refractivity contribution in [2.24, 2.45) is 0 Å². The zero-order valence-corrected chi connectivity index (χ0v) is 11.7. The summed E-state index contributed by atoms with van der Waals surface area (Å²) in [7, 11) is -1.01. The molecule has 102 valence electrons. The van der Waals surface area contributed by atoms with Gasteiger partial charge in [0.1, 0.15) is 5.54 Å². The summed E-state index contributed by atoms with van der Waals surface area (Å²) in [6.07, 6.45) is 3.36. The Kier molecular flexibility index (Phi) is 3.95. The molecule has 1 heterocycles. The molecule has 2 rings (SSSR count). The van der Waals surface area contributed by atoms with Gasteiger partial charge in [-0.2, -0.15) is 5.26 Å². The average Bonchev–Trinajstić information content (AvgIpc) is 2.70. The quantitative estimate of drug-likeness (QED) is 0.773. The van der Waals surface area contributed by atoms with E-state index >= 15 is 0 Å². The zero-order valence-electron chi connectivity index (χ0n) is 10.9. The van der Waals surface area contributed by atoms with Gasteiger partial charge >= 0.3 is 0 Å². The van der Waals surface area contributed by atoms with Crippen molar-refractivity contribution in [1.29, 1.82) is 5.26 Å². The summed E-state index contributed by atoms with van der Waals surface area (Å²) in [5.41, 5.74) is -0.407. The third-order valence-corrected chi connectivity index (χ3v) is 6.00. The molecule has 0 aromatic rings. The zero-order chi connectivity index (χ0) is 13.2. The minimum Gasteiger partial charge on any atom is -0.302 e.